The molecule has 0 atom stereocenters. The maximum atomic E-state index is 12.5. The van der Waals surface area contributed by atoms with Crippen molar-refractivity contribution in [1.29, 1.82) is 0 Å². The van der Waals surface area contributed by atoms with Gasteiger partial charge in [0.25, 0.3) is 0 Å². The summed E-state index contributed by atoms with van der Waals surface area (Å²) in [4.78, 5) is 17.2. The summed E-state index contributed by atoms with van der Waals surface area (Å²) in [5.41, 5.74) is 3.68. The lowest BCUT2D eigenvalue weighted by atomic mass is 10.0. The SMILES string of the molecule is CCCN(CCCCCCCCCN(C)Cc1cc(Cl)ccc1O)CCCOC(=O)Nc1ccccc1-c1ccccc1. The molecule has 7 heteroatoms. The zero-order valence-corrected chi connectivity index (χ0v) is 26.8. The molecule has 3 aromatic carbocycles. The van der Waals surface area contributed by atoms with Crippen molar-refractivity contribution < 1.29 is 14.6 Å². The fraction of sp³-hybridized carbons (Fsp3) is 0.472. The first-order valence-corrected chi connectivity index (χ1v) is 16.3. The van der Waals surface area contributed by atoms with E-state index in [-0.39, 0.29) is 0 Å². The zero-order valence-electron chi connectivity index (χ0n) is 26.1. The third-order valence-electron chi connectivity index (χ3n) is 7.64. The van der Waals surface area contributed by atoms with Crippen LogP contribution in [0.2, 0.25) is 5.02 Å². The fourth-order valence-corrected chi connectivity index (χ4v) is 5.56. The van der Waals surface area contributed by atoms with Crippen LogP contribution in [-0.2, 0) is 11.3 Å². The molecule has 6 nitrogen and oxygen atoms in total. The first-order valence-electron chi connectivity index (χ1n) is 15.9. The molecule has 0 aliphatic carbocycles. The summed E-state index contributed by atoms with van der Waals surface area (Å²) in [6.45, 7) is 7.49. The van der Waals surface area contributed by atoms with E-state index in [0.717, 1.165) is 61.4 Å². The second-order valence-corrected chi connectivity index (χ2v) is 11.8. The van der Waals surface area contributed by atoms with Gasteiger partial charge in [-0.05, 0) is 82.2 Å². The standard InChI is InChI=1S/C36H50ClN3O3/c1-3-23-40(25-15-8-6-4-5-7-14-24-39(2)29-31-28-32(37)21-22-35(31)41)26-16-27-43-36(42)38-34-20-13-12-19-33(34)30-17-10-9-11-18-30/h9-13,17-22,28,41H,3-8,14-16,23-27,29H2,1-2H3,(H,38,42). The van der Waals surface area contributed by atoms with E-state index in [1.165, 1.54) is 44.9 Å². The Kier molecular flexibility index (Phi) is 16.0. The Bertz CT molecular complexity index is 1210. The summed E-state index contributed by atoms with van der Waals surface area (Å²) < 4.78 is 5.51. The summed E-state index contributed by atoms with van der Waals surface area (Å²) in [5, 5.41) is 13.6. The number of halogens is 1. The number of hydrogen-bond donors (Lipinski definition) is 2. The summed E-state index contributed by atoms with van der Waals surface area (Å²) in [6, 6.07) is 23.1. The number of para-hydroxylation sites is 1. The molecule has 2 N–H and O–H groups in total. The molecule has 0 unspecified atom stereocenters. The second-order valence-electron chi connectivity index (χ2n) is 11.4. The Morgan fingerprint density at radius 2 is 1.47 bits per heavy atom. The Hall–Kier alpha value is -3.06. The van der Waals surface area contributed by atoms with Crippen molar-refractivity contribution in [2.24, 2.45) is 0 Å². The molecule has 0 aliphatic heterocycles. The number of ether oxygens (including phenoxy) is 1. The third-order valence-corrected chi connectivity index (χ3v) is 7.87. The Balaban J connectivity index is 1.22. The van der Waals surface area contributed by atoms with Gasteiger partial charge < -0.3 is 19.6 Å². The van der Waals surface area contributed by atoms with E-state index in [9.17, 15) is 9.90 Å². The van der Waals surface area contributed by atoms with Crippen LogP contribution in [0.3, 0.4) is 0 Å². The average Bonchev–Trinajstić information content (AvgIpc) is 3.01. The number of nitrogens with one attached hydrogen (secondary N) is 1. The van der Waals surface area contributed by atoms with E-state index >= 15 is 0 Å². The van der Waals surface area contributed by atoms with Crippen LogP contribution in [0.4, 0.5) is 10.5 Å². The van der Waals surface area contributed by atoms with Crippen molar-refractivity contribution in [3.05, 3.63) is 83.4 Å². The van der Waals surface area contributed by atoms with Gasteiger partial charge in [-0.15, -0.1) is 0 Å². The van der Waals surface area contributed by atoms with Gasteiger partial charge in [-0.3, -0.25) is 5.32 Å². The summed E-state index contributed by atoms with van der Waals surface area (Å²) in [5.74, 6) is 0.311. The Labute approximate surface area is 264 Å². The summed E-state index contributed by atoms with van der Waals surface area (Å²) >= 11 is 6.06. The molecule has 0 fully saturated rings. The quantitative estimate of drug-likeness (QED) is 0.125. The Morgan fingerprint density at radius 3 is 2.21 bits per heavy atom. The van der Waals surface area contributed by atoms with Crippen LogP contribution in [0.1, 0.15) is 70.3 Å². The monoisotopic (exact) mass is 607 g/mol. The minimum absolute atomic E-state index is 0.311. The van der Waals surface area contributed by atoms with E-state index in [0.29, 0.717) is 23.9 Å². The highest BCUT2D eigenvalue weighted by molar-refractivity contribution is 6.30. The van der Waals surface area contributed by atoms with Crippen LogP contribution in [0.5, 0.6) is 5.75 Å². The number of aromatic hydroxyl groups is 1. The molecule has 3 aromatic rings. The fourth-order valence-electron chi connectivity index (χ4n) is 5.36. The van der Waals surface area contributed by atoms with Crippen molar-refractivity contribution in [2.45, 2.75) is 71.3 Å². The maximum absolute atomic E-state index is 12.5. The zero-order chi connectivity index (χ0) is 30.7. The number of nitrogens with zero attached hydrogens (tertiary/aromatic N) is 2. The molecule has 43 heavy (non-hydrogen) atoms. The van der Waals surface area contributed by atoms with Crippen LogP contribution in [0.15, 0.2) is 72.8 Å². The third kappa shape index (κ3) is 13.4. The molecule has 3 rings (SSSR count). The van der Waals surface area contributed by atoms with Gasteiger partial charge in [0.05, 0.1) is 12.3 Å². The van der Waals surface area contributed by atoms with Crippen molar-refractivity contribution >= 4 is 23.4 Å². The van der Waals surface area contributed by atoms with Crippen molar-refractivity contribution in [2.75, 3.05) is 45.2 Å². The predicted molar refractivity (Wildman–Crippen MR) is 180 cm³/mol. The number of phenolic OH excluding ortho intramolecular Hbond substituents is 1. The average molecular weight is 608 g/mol. The number of phenols is 1. The maximum Gasteiger partial charge on any atom is 0.411 e. The van der Waals surface area contributed by atoms with Crippen LogP contribution in [0, 0.1) is 0 Å². The lowest BCUT2D eigenvalue weighted by Gasteiger charge is -2.21. The van der Waals surface area contributed by atoms with Gasteiger partial charge >= 0.3 is 6.09 Å². The number of unbranched alkanes of at least 4 members (excludes halogenated alkanes) is 6. The number of rotatable bonds is 20. The topological polar surface area (TPSA) is 65.0 Å². The molecule has 0 spiro atoms. The normalized spacial score (nSPS) is 11.3. The number of carbonyl (C=O) groups is 1. The molecule has 0 bridgehead atoms. The van der Waals surface area contributed by atoms with Gasteiger partial charge in [-0.2, -0.15) is 0 Å². The van der Waals surface area contributed by atoms with E-state index in [2.05, 4.69) is 29.1 Å². The van der Waals surface area contributed by atoms with Gasteiger partial charge in [0.2, 0.25) is 0 Å². The second kappa shape index (κ2) is 20.0. The molecule has 0 radical (unpaired) electrons. The molecule has 234 valence electrons. The van der Waals surface area contributed by atoms with Crippen LogP contribution in [-0.4, -0.2) is 60.8 Å². The predicted octanol–water partition coefficient (Wildman–Crippen LogP) is 9.23. The van der Waals surface area contributed by atoms with Gasteiger partial charge in [-0.25, -0.2) is 4.79 Å². The minimum atomic E-state index is -0.405. The van der Waals surface area contributed by atoms with Crippen molar-refractivity contribution in [3.8, 4) is 16.9 Å². The van der Waals surface area contributed by atoms with Gasteiger partial charge in [-0.1, -0.05) is 99.2 Å². The number of amides is 1. The molecular formula is C36H50ClN3O3. The minimum Gasteiger partial charge on any atom is -0.508 e. The summed E-state index contributed by atoms with van der Waals surface area (Å²) in [6.07, 6.45) is 10.3. The highest BCUT2D eigenvalue weighted by Crippen LogP contribution is 2.27. The molecule has 1 amide bonds. The van der Waals surface area contributed by atoms with Crippen LogP contribution in [0.25, 0.3) is 11.1 Å². The van der Waals surface area contributed by atoms with E-state index in [4.69, 9.17) is 16.3 Å². The number of carbonyl (C=O) groups excluding carboxylic acids is 1. The molecule has 0 heterocycles. The van der Waals surface area contributed by atoms with E-state index in [1.54, 1.807) is 12.1 Å². The molecule has 0 saturated heterocycles. The molecule has 0 aromatic heterocycles. The van der Waals surface area contributed by atoms with E-state index in [1.807, 2.05) is 60.7 Å². The summed E-state index contributed by atoms with van der Waals surface area (Å²) in [7, 11) is 2.09. The number of hydrogen-bond acceptors (Lipinski definition) is 5. The largest absolute Gasteiger partial charge is 0.508 e. The van der Waals surface area contributed by atoms with E-state index < -0.39 is 6.09 Å². The van der Waals surface area contributed by atoms with Crippen LogP contribution >= 0.6 is 11.6 Å². The number of benzene rings is 3. The van der Waals surface area contributed by atoms with Gasteiger partial charge in [0, 0.05) is 29.2 Å². The van der Waals surface area contributed by atoms with Crippen LogP contribution < -0.4 is 5.32 Å². The molecule has 0 aliphatic rings. The molecule has 0 saturated carbocycles. The van der Waals surface area contributed by atoms with Gasteiger partial charge in [0.15, 0.2) is 0 Å². The highest BCUT2D eigenvalue weighted by Gasteiger charge is 2.10. The van der Waals surface area contributed by atoms with Gasteiger partial charge in [0.1, 0.15) is 5.75 Å². The lowest BCUT2D eigenvalue weighted by molar-refractivity contribution is 0.151. The molecular weight excluding hydrogens is 558 g/mol. The first kappa shape index (κ1) is 34.4. The number of anilines is 1. The van der Waals surface area contributed by atoms with Crippen molar-refractivity contribution in [3.63, 3.8) is 0 Å². The first-order chi connectivity index (χ1) is 21.0. The highest BCUT2D eigenvalue weighted by atomic mass is 35.5. The lowest BCUT2D eigenvalue weighted by Crippen LogP contribution is -2.28. The Morgan fingerprint density at radius 1 is 0.814 bits per heavy atom. The van der Waals surface area contributed by atoms with Crippen molar-refractivity contribution in [1.82, 2.24) is 9.80 Å². The smallest absolute Gasteiger partial charge is 0.411 e.